The molecule has 1 aliphatic heterocycles. The van der Waals surface area contributed by atoms with E-state index in [1.807, 2.05) is 0 Å². The van der Waals surface area contributed by atoms with E-state index in [4.69, 9.17) is 4.74 Å². The van der Waals surface area contributed by atoms with E-state index in [1.165, 1.54) is 18.0 Å². The van der Waals surface area contributed by atoms with Crippen LogP contribution in [0, 0.1) is 12.8 Å². The number of carbonyl (C=O) groups is 3. The molecule has 1 fully saturated rings. The summed E-state index contributed by atoms with van der Waals surface area (Å²) < 4.78 is 43.9. The number of thiophene rings is 1. The molecule has 1 unspecified atom stereocenters. The van der Waals surface area contributed by atoms with E-state index in [0.29, 0.717) is 30.3 Å². The van der Waals surface area contributed by atoms with Crippen LogP contribution in [0.4, 0.5) is 13.2 Å². The van der Waals surface area contributed by atoms with E-state index < -0.39 is 17.8 Å². The molecule has 2 amide bonds. The first kappa shape index (κ1) is 24.0. The number of likely N-dealkylation sites (N-methyl/N-ethyl adjacent to an activating group) is 1. The monoisotopic (exact) mass is 471 g/mol. The normalized spacial score (nSPS) is 16.8. The van der Waals surface area contributed by atoms with Gasteiger partial charge in [-0.15, -0.1) is 11.3 Å². The van der Waals surface area contributed by atoms with Crippen molar-refractivity contribution < 1.29 is 32.3 Å². The van der Waals surface area contributed by atoms with Crippen LogP contribution in [0.15, 0.2) is 12.1 Å². The van der Waals surface area contributed by atoms with Crippen LogP contribution >= 0.6 is 11.3 Å². The number of aromatic nitrogens is 1. The summed E-state index contributed by atoms with van der Waals surface area (Å²) in [5, 5.41) is 0.472. The molecule has 0 aromatic carbocycles. The number of amides is 2. The second-order valence-electron chi connectivity index (χ2n) is 7.70. The molecule has 0 saturated carbocycles. The molecule has 0 spiro atoms. The zero-order chi connectivity index (χ0) is 23.6. The average molecular weight is 472 g/mol. The minimum atomic E-state index is -4.57. The Morgan fingerprint density at radius 1 is 1.31 bits per heavy atom. The number of carbonyl (C=O) groups excluding carboxylic acids is 3. The number of likely N-dealkylation sites (tertiary alicyclic amines) is 1. The summed E-state index contributed by atoms with van der Waals surface area (Å²) in [6.45, 7) is 4.16. The van der Waals surface area contributed by atoms with Gasteiger partial charge in [0.05, 0.1) is 23.9 Å². The van der Waals surface area contributed by atoms with Crippen molar-refractivity contribution in [3.05, 3.63) is 28.3 Å². The van der Waals surface area contributed by atoms with Gasteiger partial charge in [0, 0.05) is 25.5 Å². The Labute approximate surface area is 187 Å². The van der Waals surface area contributed by atoms with Gasteiger partial charge < -0.3 is 14.5 Å². The minimum absolute atomic E-state index is 0.119. The maximum absolute atomic E-state index is 12.9. The van der Waals surface area contributed by atoms with Gasteiger partial charge in [-0.25, -0.2) is 4.98 Å². The summed E-state index contributed by atoms with van der Waals surface area (Å²) in [6, 6.07) is 2.20. The van der Waals surface area contributed by atoms with Gasteiger partial charge in [0.15, 0.2) is 0 Å². The van der Waals surface area contributed by atoms with E-state index in [0.717, 1.165) is 17.4 Å². The zero-order valence-electron chi connectivity index (χ0n) is 18.0. The van der Waals surface area contributed by atoms with Crippen LogP contribution in [0.3, 0.4) is 0 Å². The molecule has 3 rings (SSSR count). The lowest BCUT2D eigenvalue weighted by Gasteiger charge is -2.32. The number of hydrogen-bond donors (Lipinski definition) is 0. The standard InChI is InChI=1S/C21H24F3N3O4S/c1-4-31-20(30)13-6-5-9-27(10-13)16(28)11-26(3)19(29)17-12(2)14-7-8-15(21(22,23)24)25-18(14)32-17/h7-8,13H,4-6,9-11H2,1-3H3. The van der Waals surface area contributed by atoms with E-state index in [1.54, 1.807) is 18.7 Å². The van der Waals surface area contributed by atoms with Crippen molar-refractivity contribution in [3.63, 3.8) is 0 Å². The Kier molecular flexibility index (Phi) is 7.06. The maximum Gasteiger partial charge on any atom is 0.433 e. The largest absolute Gasteiger partial charge is 0.466 e. The van der Waals surface area contributed by atoms with Crippen molar-refractivity contribution in [2.24, 2.45) is 5.92 Å². The van der Waals surface area contributed by atoms with Crippen molar-refractivity contribution in [2.75, 3.05) is 33.3 Å². The number of aryl methyl sites for hydroxylation is 1. The zero-order valence-corrected chi connectivity index (χ0v) is 18.8. The Balaban J connectivity index is 1.71. The Morgan fingerprint density at radius 2 is 2.03 bits per heavy atom. The topological polar surface area (TPSA) is 79.8 Å². The van der Waals surface area contributed by atoms with Gasteiger partial charge >= 0.3 is 12.1 Å². The van der Waals surface area contributed by atoms with Crippen molar-refractivity contribution in [2.45, 2.75) is 32.9 Å². The maximum atomic E-state index is 12.9. The van der Waals surface area contributed by atoms with Gasteiger partial charge in [-0.05, 0) is 44.4 Å². The summed E-state index contributed by atoms with van der Waals surface area (Å²) in [5.74, 6) is -1.48. The molecule has 174 valence electrons. The predicted molar refractivity (Wildman–Crippen MR) is 112 cm³/mol. The van der Waals surface area contributed by atoms with Crippen LogP contribution in [0.5, 0.6) is 0 Å². The average Bonchev–Trinajstić information content (AvgIpc) is 3.08. The lowest BCUT2D eigenvalue weighted by atomic mass is 9.98. The number of nitrogens with zero attached hydrogens (tertiary/aromatic N) is 3. The molecule has 2 aromatic rings. The number of piperidine rings is 1. The fourth-order valence-electron chi connectivity index (χ4n) is 3.67. The molecule has 7 nitrogen and oxygen atoms in total. The van der Waals surface area contributed by atoms with Gasteiger partial charge in [0.2, 0.25) is 5.91 Å². The summed E-state index contributed by atoms with van der Waals surface area (Å²) >= 11 is 0.875. The third-order valence-electron chi connectivity index (χ3n) is 5.40. The Bertz CT molecular complexity index is 1040. The number of hydrogen-bond acceptors (Lipinski definition) is 6. The van der Waals surface area contributed by atoms with Crippen molar-refractivity contribution in [3.8, 4) is 0 Å². The van der Waals surface area contributed by atoms with Crippen molar-refractivity contribution >= 4 is 39.3 Å². The molecular formula is C21H24F3N3O4S. The first-order valence-corrected chi connectivity index (χ1v) is 11.0. The highest BCUT2D eigenvalue weighted by Gasteiger charge is 2.34. The van der Waals surface area contributed by atoms with Crippen LogP contribution in [0.2, 0.25) is 0 Å². The second-order valence-corrected chi connectivity index (χ2v) is 8.69. The third-order valence-corrected chi connectivity index (χ3v) is 6.59. The minimum Gasteiger partial charge on any atom is -0.466 e. The first-order valence-electron chi connectivity index (χ1n) is 10.2. The molecule has 32 heavy (non-hydrogen) atoms. The molecule has 0 N–H and O–H groups in total. The quantitative estimate of drug-likeness (QED) is 0.624. The molecular weight excluding hydrogens is 447 g/mol. The number of pyridine rings is 1. The first-order chi connectivity index (χ1) is 15.0. The van der Waals surface area contributed by atoms with Crippen LogP contribution in [0.1, 0.15) is 40.7 Å². The molecule has 0 aliphatic carbocycles. The van der Waals surface area contributed by atoms with Crippen LogP contribution in [-0.2, 0) is 20.5 Å². The lowest BCUT2D eigenvalue weighted by molar-refractivity contribution is -0.151. The highest BCUT2D eigenvalue weighted by atomic mass is 32.1. The number of ether oxygens (including phenoxy) is 1. The van der Waals surface area contributed by atoms with E-state index >= 15 is 0 Å². The van der Waals surface area contributed by atoms with Crippen LogP contribution < -0.4 is 0 Å². The fraction of sp³-hybridized carbons (Fsp3) is 0.524. The Morgan fingerprint density at radius 3 is 2.69 bits per heavy atom. The van der Waals surface area contributed by atoms with Crippen LogP contribution in [0.25, 0.3) is 10.2 Å². The predicted octanol–water partition coefficient (Wildman–Crippen LogP) is 3.50. The summed E-state index contributed by atoms with van der Waals surface area (Å²) in [5.41, 5.74) is -0.495. The number of rotatable bonds is 5. The molecule has 1 aliphatic rings. The molecule has 0 radical (unpaired) electrons. The van der Waals surface area contributed by atoms with Gasteiger partial charge in [-0.2, -0.15) is 13.2 Å². The highest BCUT2D eigenvalue weighted by Crippen LogP contribution is 2.34. The lowest BCUT2D eigenvalue weighted by Crippen LogP contribution is -2.47. The smallest absolute Gasteiger partial charge is 0.433 e. The SMILES string of the molecule is CCOC(=O)C1CCCN(C(=O)CN(C)C(=O)c2sc3nc(C(F)(F)F)ccc3c2C)C1. The van der Waals surface area contributed by atoms with E-state index in [2.05, 4.69) is 4.98 Å². The van der Waals surface area contributed by atoms with Gasteiger partial charge in [-0.3, -0.25) is 14.4 Å². The van der Waals surface area contributed by atoms with Gasteiger partial charge in [0.25, 0.3) is 5.91 Å². The summed E-state index contributed by atoms with van der Waals surface area (Å²) in [6.07, 6.45) is -3.27. The molecule has 3 heterocycles. The molecule has 1 atom stereocenters. The number of fused-ring (bicyclic) bond motifs is 1. The number of esters is 1. The van der Waals surface area contributed by atoms with E-state index in [-0.39, 0.29) is 47.2 Å². The Hall–Kier alpha value is -2.69. The third kappa shape index (κ3) is 5.03. The highest BCUT2D eigenvalue weighted by molar-refractivity contribution is 7.20. The fourth-order valence-corrected chi connectivity index (χ4v) is 4.84. The molecule has 11 heteroatoms. The summed E-state index contributed by atoms with van der Waals surface area (Å²) in [7, 11) is 1.46. The second kappa shape index (κ2) is 9.43. The van der Waals surface area contributed by atoms with Crippen molar-refractivity contribution in [1.29, 1.82) is 0 Å². The van der Waals surface area contributed by atoms with Gasteiger partial charge in [0.1, 0.15) is 10.5 Å². The number of alkyl halides is 3. The summed E-state index contributed by atoms with van der Waals surface area (Å²) in [4.78, 5) is 44.4. The molecule has 2 aromatic heterocycles. The van der Waals surface area contributed by atoms with Gasteiger partial charge in [-0.1, -0.05) is 0 Å². The molecule has 0 bridgehead atoms. The van der Waals surface area contributed by atoms with Crippen LogP contribution in [-0.4, -0.2) is 65.9 Å². The number of halogens is 3. The van der Waals surface area contributed by atoms with E-state index in [9.17, 15) is 27.6 Å². The molecule has 1 saturated heterocycles. The van der Waals surface area contributed by atoms with Crippen molar-refractivity contribution in [1.82, 2.24) is 14.8 Å².